The van der Waals surface area contributed by atoms with E-state index in [1.165, 1.54) is 21.1 Å². The normalized spacial score (nSPS) is 11.6. The second-order valence-corrected chi connectivity index (χ2v) is 7.17. The van der Waals surface area contributed by atoms with Crippen LogP contribution >= 0.6 is 15.9 Å². The molecule has 1 aromatic carbocycles. The summed E-state index contributed by atoms with van der Waals surface area (Å²) in [5.41, 5.74) is -0.206. The van der Waals surface area contributed by atoms with Crippen LogP contribution < -0.4 is 14.8 Å². The van der Waals surface area contributed by atoms with Crippen LogP contribution in [0.25, 0.3) is 5.65 Å². The van der Waals surface area contributed by atoms with E-state index < -0.39 is 17.8 Å². The van der Waals surface area contributed by atoms with E-state index >= 15 is 0 Å². The molecule has 0 aliphatic rings. The van der Waals surface area contributed by atoms with Crippen LogP contribution in [0.4, 0.5) is 13.2 Å². The number of nitrogens with one attached hydrogen (secondary N) is 1. The van der Waals surface area contributed by atoms with Crippen LogP contribution in [0.2, 0.25) is 0 Å². The van der Waals surface area contributed by atoms with Gasteiger partial charge in [-0.25, -0.2) is 9.50 Å². The maximum atomic E-state index is 13.3. The average molecular weight is 487 g/mol. The summed E-state index contributed by atoms with van der Waals surface area (Å²) >= 11 is 3.15. The van der Waals surface area contributed by atoms with Crippen molar-refractivity contribution < 1.29 is 27.4 Å². The van der Waals surface area contributed by atoms with E-state index in [1.807, 2.05) is 6.07 Å². The number of carbonyl (C=O) groups is 1. The number of hydrogen-bond donors (Lipinski definition) is 1. The van der Waals surface area contributed by atoms with Gasteiger partial charge in [-0.3, -0.25) is 4.79 Å². The smallest absolute Gasteiger partial charge is 0.433 e. The van der Waals surface area contributed by atoms with Crippen LogP contribution in [0, 0.1) is 6.92 Å². The highest BCUT2D eigenvalue weighted by atomic mass is 79.9. The molecule has 0 unspecified atom stereocenters. The van der Waals surface area contributed by atoms with Gasteiger partial charge in [0.2, 0.25) is 0 Å². The fraction of sp³-hybridized carbons (Fsp3) is 0.316. The number of amides is 1. The minimum atomic E-state index is -4.64. The predicted octanol–water partition coefficient (Wildman–Crippen LogP) is 3.81. The number of aryl methyl sites for hydroxylation is 1. The molecule has 30 heavy (non-hydrogen) atoms. The lowest BCUT2D eigenvalue weighted by molar-refractivity contribution is -0.142. The molecule has 0 spiro atoms. The summed E-state index contributed by atoms with van der Waals surface area (Å²) < 4.78 is 51.1. The largest absolute Gasteiger partial charge is 0.493 e. The summed E-state index contributed by atoms with van der Waals surface area (Å²) in [7, 11) is 3.06. The zero-order valence-electron chi connectivity index (χ0n) is 16.3. The summed E-state index contributed by atoms with van der Waals surface area (Å²) in [4.78, 5) is 16.6. The van der Waals surface area contributed by atoms with Crippen LogP contribution in [0.1, 0.15) is 27.4 Å². The van der Waals surface area contributed by atoms with Gasteiger partial charge in [0, 0.05) is 12.2 Å². The Labute approximate surface area is 178 Å². The van der Waals surface area contributed by atoms with Gasteiger partial charge < -0.3 is 14.8 Å². The van der Waals surface area contributed by atoms with Gasteiger partial charge >= 0.3 is 6.18 Å². The summed E-state index contributed by atoms with van der Waals surface area (Å²) in [6.45, 7) is 1.69. The van der Waals surface area contributed by atoms with Gasteiger partial charge in [0.1, 0.15) is 5.69 Å². The first kappa shape index (κ1) is 21.9. The lowest BCUT2D eigenvalue weighted by Crippen LogP contribution is -2.26. The van der Waals surface area contributed by atoms with Crippen molar-refractivity contribution in [2.75, 3.05) is 20.8 Å². The average Bonchev–Trinajstić information content (AvgIpc) is 3.03. The lowest BCUT2D eigenvalue weighted by atomic mass is 10.1. The van der Waals surface area contributed by atoms with Gasteiger partial charge in [-0.2, -0.15) is 18.3 Å². The molecule has 160 valence electrons. The number of hydrogen-bond acceptors (Lipinski definition) is 5. The molecule has 0 aliphatic carbocycles. The van der Waals surface area contributed by atoms with E-state index in [0.717, 1.165) is 11.6 Å². The third-order valence-electron chi connectivity index (χ3n) is 4.31. The van der Waals surface area contributed by atoms with Crippen LogP contribution in [-0.2, 0) is 12.6 Å². The Hall–Kier alpha value is -2.82. The molecule has 3 rings (SSSR count). The highest BCUT2D eigenvalue weighted by molar-refractivity contribution is 9.10. The molecule has 0 fully saturated rings. The summed E-state index contributed by atoms with van der Waals surface area (Å²) in [6.07, 6.45) is -4.17. The number of halogens is 4. The predicted molar refractivity (Wildman–Crippen MR) is 106 cm³/mol. The first-order valence-electron chi connectivity index (χ1n) is 8.78. The van der Waals surface area contributed by atoms with E-state index in [1.54, 1.807) is 12.1 Å². The van der Waals surface area contributed by atoms with E-state index in [-0.39, 0.29) is 28.1 Å². The Balaban J connectivity index is 1.78. The summed E-state index contributed by atoms with van der Waals surface area (Å²) in [6, 6.07) is 6.25. The number of fused-ring (bicyclic) bond motifs is 1. The standard InChI is InChI=1S/C19H18BrF3N4O3/c1-10-8-14(19(21,22)23)27-17(25-10)15(20)16(26-27)18(28)24-7-6-11-4-5-12(29-2)13(9-11)30-3/h4-5,8-9H,6-7H2,1-3H3,(H,24,28). The van der Waals surface area contributed by atoms with Crippen LogP contribution in [0.5, 0.6) is 11.5 Å². The van der Waals surface area contributed by atoms with Crippen molar-refractivity contribution in [3.8, 4) is 11.5 Å². The molecular formula is C19H18BrF3N4O3. The Morgan fingerprint density at radius 1 is 1.20 bits per heavy atom. The number of carbonyl (C=O) groups excluding carboxylic acids is 1. The van der Waals surface area contributed by atoms with Crippen LogP contribution in [0.15, 0.2) is 28.7 Å². The Kier molecular flexibility index (Phi) is 6.20. The molecule has 0 bridgehead atoms. The van der Waals surface area contributed by atoms with Gasteiger partial charge in [0.05, 0.1) is 18.7 Å². The second-order valence-electron chi connectivity index (χ2n) is 6.37. The number of benzene rings is 1. The third kappa shape index (κ3) is 4.35. The molecular weight excluding hydrogens is 469 g/mol. The topological polar surface area (TPSA) is 77.8 Å². The highest BCUT2D eigenvalue weighted by Gasteiger charge is 2.36. The van der Waals surface area contributed by atoms with E-state index in [2.05, 4.69) is 31.3 Å². The lowest BCUT2D eigenvalue weighted by Gasteiger charge is -2.10. The molecule has 1 N–H and O–H groups in total. The molecule has 2 heterocycles. The fourth-order valence-corrected chi connectivity index (χ4v) is 3.42. The number of nitrogens with zero attached hydrogens (tertiary/aromatic N) is 3. The Morgan fingerprint density at radius 2 is 1.90 bits per heavy atom. The number of aromatic nitrogens is 3. The molecule has 3 aromatic rings. The maximum absolute atomic E-state index is 13.3. The van der Waals surface area contributed by atoms with Gasteiger partial charge in [0.15, 0.2) is 22.8 Å². The molecule has 0 saturated carbocycles. The number of rotatable bonds is 6. The molecule has 2 aromatic heterocycles. The van der Waals surface area contributed by atoms with Crippen molar-refractivity contribution >= 4 is 27.5 Å². The van der Waals surface area contributed by atoms with Crippen molar-refractivity contribution in [2.24, 2.45) is 0 Å². The van der Waals surface area contributed by atoms with Crippen LogP contribution in [-0.4, -0.2) is 41.3 Å². The summed E-state index contributed by atoms with van der Waals surface area (Å²) in [5, 5.41) is 6.50. The van der Waals surface area contributed by atoms with Crippen molar-refractivity contribution in [3.63, 3.8) is 0 Å². The third-order valence-corrected chi connectivity index (χ3v) is 5.04. The van der Waals surface area contributed by atoms with Crippen molar-refractivity contribution in [1.82, 2.24) is 19.9 Å². The Morgan fingerprint density at radius 3 is 2.53 bits per heavy atom. The van der Waals surface area contributed by atoms with Crippen molar-refractivity contribution in [3.05, 3.63) is 51.4 Å². The molecule has 0 radical (unpaired) electrons. The molecule has 0 atom stereocenters. The van der Waals surface area contributed by atoms with Gasteiger partial charge in [-0.15, -0.1) is 0 Å². The van der Waals surface area contributed by atoms with Crippen LogP contribution in [0.3, 0.4) is 0 Å². The molecule has 1 amide bonds. The highest BCUT2D eigenvalue weighted by Crippen LogP contribution is 2.32. The number of methoxy groups -OCH3 is 2. The first-order valence-corrected chi connectivity index (χ1v) is 9.57. The van der Waals surface area contributed by atoms with E-state index in [4.69, 9.17) is 9.47 Å². The maximum Gasteiger partial charge on any atom is 0.433 e. The van der Waals surface area contributed by atoms with E-state index in [9.17, 15) is 18.0 Å². The summed E-state index contributed by atoms with van der Waals surface area (Å²) in [5.74, 6) is 0.534. The number of ether oxygens (including phenoxy) is 2. The number of alkyl halides is 3. The molecule has 0 saturated heterocycles. The molecule has 0 aliphatic heterocycles. The van der Waals surface area contributed by atoms with Gasteiger partial charge in [-0.05, 0) is 53.0 Å². The molecule has 11 heteroatoms. The first-order chi connectivity index (χ1) is 14.2. The van der Waals surface area contributed by atoms with Crippen molar-refractivity contribution in [1.29, 1.82) is 0 Å². The van der Waals surface area contributed by atoms with Crippen molar-refractivity contribution in [2.45, 2.75) is 19.5 Å². The SMILES string of the molecule is COc1ccc(CCNC(=O)c2nn3c(C(F)(F)F)cc(C)nc3c2Br)cc1OC. The minimum Gasteiger partial charge on any atom is -0.493 e. The quantitative estimate of drug-likeness (QED) is 0.573. The van der Waals surface area contributed by atoms with E-state index in [0.29, 0.717) is 22.4 Å². The Bertz CT molecular complexity index is 1100. The zero-order valence-corrected chi connectivity index (χ0v) is 17.9. The molecule has 7 nitrogen and oxygen atoms in total. The monoisotopic (exact) mass is 486 g/mol. The van der Waals surface area contributed by atoms with Gasteiger partial charge in [-0.1, -0.05) is 6.07 Å². The fourth-order valence-electron chi connectivity index (χ4n) is 2.90. The van der Waals surface area contributed by atoms with Gasteiger partial charge in [0.25, 0.3) is 5.91 Å². The minimum absolute atomic E-state index is 0.0765. The second kappa shape index (κ2) is 8.50. The zero-order chi connectivity index (χ0) is 22.1.